The van der Waals surface area contributed by atoms with E-state index in [9.17, 15) is 9.59 Å². The number of aliphatic carboxylic acids is 1. The quantitative estimate of drug-likeness (QED) is 0.742. The summed E-state index contributed by atoms with van der Waals surface area (Å²) in [6.07, 6.45) is 0.726. The molecule has 1 amide bonds. The van der Waals surface area contributed by atoms with Crippen LogP contribution < -0.4 is 4.74 Å². The molecule has 0 unspecified atom stereocenters. The van der Waals surface area contributed by atoms with Gasteiger partial charge in [0.15, 0.2) is 0 Å². The minimum absolute atomic E-state index is 0.0643. The Hall–Kier alpha value is -2.41. The second-order valence-electron chi connectivity index (χ2n) is 5.82. The van der Waals surface area contributed by atoms with Crippen LogP contribution in [-0.4, -0.2) is 40.5 Å². The zero-order valence-electron chi connectivity index (χ0n) is 14.4. The normalized spacial score (nSPS) is 10.5. The molecule has 0 aliphatic carbocycles. The third-order valence-corrected chi connectivity index (χ3v) is 4.50. The van der Waals surface area contributed by atoms with Gasteiger partial charge in [-0.3, -0.25) is 9.59 Å². The summed E-state index contributed by atoms with van der Waals surface area (Å²) in [7, 11) is 1.68. The van der Waals surface area contributed by atoms with Crippen molar-refractivity contribution in [2.75, 3.05) is 13.6 Å². The predicted molar refractivity (Wildman–Crippen MR) is 95.8 cm³/mol. The molecule has 1 N–H and O–H groups in total. The minimum Gasteiger partial charge on any atom is -0.486 e. The second-order valence-corrected chi connectivity index (χ2v) is 6.77. The Labute approximate surface area is 151 Å². The van der Waals surface area contributed by atoms with Crippen LogP contribution >= 0.6 is 11.3 Å². The Bertz CT molecular complexity index is 712. The van der Waals surface area contributed by atoms with E-state index in [0.717, 1.165) is 10.8 Å². The number of ether oxygens (including phenoxy) is 1. The number of hydrogen-bond acceptors (Lipinski definition) is 5. The van der Waals surface area contributed by atoms with Gasteiger partial charge in [-0.1, -0.05) is 17.7 Å². The number of hydrogen-bond donors (Lipinski definition) is 1. The number of thiazole rings is 1. The van der Waals surface area contributed by atoms with Crippen LogP contribution in [0.4, 0.5) is 0 Å². The first kappa shape index (κ1) is 18.9. The van der Waals surface area contributed by atoms with E-state index in [2.05, 4.69) is 4.98 Å². The summed E-state index contributed by atoms with van der Waals surface area (Å²) in [6, 6.07) is 7.81. The Balaban J connectivity index is 1.79. The van der Waals surface area contributed by atoms with Gasteiger partial charge in [-0.15, -0.1) is 11.3 Å². The van der Waals surface area contributed by atoms with Gasteiger partial charge >= 0.3 is 5.97 Å². The van der Waals surface area contributed by atoms with Crippen molar-refractivity contribution < 1.29 is 19.4 Å². The molecule has 0 fully saturated rings. The number of carbonyl (C=O) groups is 2. The summed E-state index contributed by atoms with van der Waals surface area (Å²) in [5, 5.41) is 11.3. The Morgan fingerprint density at radius 3 is 2.68 bits per heavy atom. The fourth-order valence-corrected chi connectivity index (χ4v) is 2.86. The molecule has 0 saturated carbocycles. The molecule has 2 rings (SSSR count). The number of carbonyl (C=O) groups excluding carboxylic acids is 1. The topological polar surface area (TPSA) is 79.7 Å². The first-order valence-electron chi connectivity index (χ1n) is 8.02. The summed E-state index contributed by atoms with van der Waals surface area (Å²) >= 11 is 1.46. The molecule has 2 aromatic rings. The maximum atomic E-state index is 12.1. The number of rotatable bonds is 9. The smallest absolute Gasteiger partial charge is 0.303 e. The van der Waals surface area contributed by atoms with Crippen molar-refractivity contribution in [3.05, 3.63) is 45.9 Å². The lowest BCUT2D eigenvalue weighted by Gasteiger charge is -2.15. The molecule has 1 heterocycles. The molecule has 0 saturated heterocycles. The van der Waals surface area contributed by atoms with Gasteiger partial charge in [-0.05, 0) is 25.5 Å². The van der Waals surface area contributed by atoms with Crippen LogP contribution in [0.25, 0.3) is 0 Å². The predicted octanol–water partition coefficient (Wildman–Crippen LogP) is 2.90. The number of amides is 1. The maximum Gasteiger partial charge on any atom is 0.303 e. The summed E-state index contributed by atoms with van der Waals surface area (Å²) in [5.74, 6) is -0.128. The molecule has 25 heavy (non-hydrogen) atoms. The molecular formula is C18H22N2O4S. The number of carboxylic acids is 1. The third-order valence-electron chi connectivity index (χ3n) is 3.62. The standard InChI is InChI=1S/C18H22N2O4S/c1-13-5-7-15(8-6-13)24-11-16-19-14(12-25-16)10-17(21)20(2)9-3-4-18(22)23/h5-8,12H,3-4,9-11H2,1-2H3,(H,22,23). The molecule has 6 nitrogen and oxygen atoms in total. The summed E-state index contributed by atoms with van der Waals surface area (Å²) in [4.78, 5) is 28.6. The molecule has 0 aliphatic heterocycles. The van der Waals surface area contributed by atoms with Crippen LogP contribution in [0.15, 0.2) is 29.6 Å². The molecule has 134 valence electrons. The maximum absolute atomic E-state index is 12.1. The number of carboxylic acid groups (broad SMARTS) is 1. The van der Waals surface area contributed by atoms with Crippen LogP contribution in [0, 0.1) is 6.92 Å². The largest absolute Gasteiger partial charge is 0.486 e. The van der Waals surface area contributed by atoms with Crippen molar-refractivity contribution in [3.63, 3.8) is 0 Å². The molecule has 1 aromatic carbocycles. The van der Waals surface area contributed by atoms with E-state index in [1.165, 1.54) is 16.9 Å². The Kier molecular flexibility index (Phi) is 6.94. The van der Waals surface area contributed by atoms with Crippen LogP contribution in [0.2, 0.25) is 0 Å². The van der Waals surface area contributed by atoms with Crippen molar-refractivity contribution in [3.8, 4) is 5.75 Å². The number of benzene rings is 1. The van der Waals surface area contributed by atoms with Crippen LogP contribution in [0.5, 0.6) is 5.75 Å². The van der Waals surface area contributed by atoms with Crippen molar-refractivity contribution in [2.24, 2.45) is 0 Å². The SMILES string of the molecule is Cc1ccc(OCc2nc(CC(=O)N(C)CCCC(=O)O)cs2)cc1. The van der Waals surface area contributed by atoms with Gasteiger partial charge in [0.05, 0.1) is 12.1 Å². The lowest BCUT2D eigenvalue weighted by molar-refractivity contribution is -0.138. The minimum atomic E-state index is -0.849. The third kappa shape index (κ3) is 6.54. The highest BCUT2D eigenvalue weighted by molar-refractivity contribution is 7.09. The van der Waals surface area contributed by atoms with E-state index in [1.54, 1.807) is 11.9 Å². The van der Waals surface area contributed by atoms with E-state index in [4.69, 9.17) is 9.84 Å². The molecule has 0 bridgehead atoms. The van der Waals surface area contributed by atoms with Gasteiger partial charge in [0.25, 0.3) is 0 Å². The second kappa shape index (κ2) is 9.17. The highest BCUT2D eigenvalue weighted by Crippen LogP contribution is 2.16. The van der Waals surface area contributed by atoms with Gasteiger partial charge in [0.1, 0.15) is 17.4 Å². The van der Waals surface area contributed by atoms with Gasteiger partial charge in [0.2, 0.25) is 5.91 Å². The molecule has 0 spiro atoms. The summed E-state index contributed by atoms with van der Waals surface area (Å²) in [5.41, 5.74) is 1.89. The molecule has 0 aliphatic rings. The fourth-order valence-electron chi connectivity index (χ4n) is 2.16. The Morgan fingerprint density at radius 2 is 2.00 bits per heavy atom. The summed E-state index contributed by atoms with van der Waals surface area (Å²) < 4.78 is 5.69. The average molecular weight is 362 g/mol. The average Bonchev–Trinajstić information content (AvgIpc) is 3.01. The number of aryl methyl sites for hydroxylation is 1. The lowest BCUT2D eigenvalue weighted by Crippen LogP contribution is -2.29. The van der Waals surface area contributed by atoms with Crippen molar-refractivity contribution in [1.82, 2.24) is 9.88 Å². The van der Waals surface area contributed by atoms with Crippen LogP contribution in [0.3, 0.4) is 0 Å². The van der Waals surface area contributed by atoms with Gasteiger partial charge in [-0.2, -0.15) is 0 Å². The monoisotopic (exact) mass is 362 g/mol. The highest BCUT2D eigenvalue weighted by Gasteiger charge is 2.13. The van der Waals surface area contributed by atoms with Crippen LogP contribution in [0.1, 0.15) is 29.1 Å². The molecule has 0 atom stereocenters. The number of nitrogens with zero attached hydrogens (tertiary/aromatic N) is 2. The lowest BCUT2D eigenvalue weighted by atomic mass is 10.2. The first-order valence-corrected chi connectivity index (χ1v) is 8.90. The number of aromatic nitrogens is 1. The molecule has 7 heteroatoms. The van der Waals surface area contributed by atoms with Gasteiger partial charge in [-0.25, -0.2) is 4.98 Å². The highest BCUT2D eigenvalue weighted by atomic mass is 32.1. The van der Waals surface area contributed by atoms with Gasteiger partial charge < -0.3 is 14.7 Å². The van der Waals surface area contributed by atoms with E-state index in [-0.39, 0.29) is 18.7 Å². The zero-order chi connectivity index (χ0) is 18.2. The first-order chi connectivity index (χ1) is 11.9. The van der Waals surface area contributed by atoms with Gasteiger partial charge in [0, 0.05) is 25.4 Å². The summed E-state index contributed by atoms with van der Waals surface area (Å²) in [6.45, 7) is 2.82. The van der Waals surface area contributed by atoms with Crippen molar-refractivity contribution >= 4 is 23.2 Å². The van der Waals surface area contributed by atoms with E-state index in [1.807, 2.05) is 36.6 Å². The van der Waals surface area contributed by atoms with Crippen molar-refractivity contribution in [1.29, 1.82) is 0 Å². The van der Waals surface area contributed by atoms with E-state index in [0.29, 0.717) is 25.3 Å². The molecular weight excluding hydrogens is 340 g/mol. The number of likely N-dealkylation sites (N-methyl/N-ethyl adjacent to an activating group) is 1. The van der Waals surface area contributed by atoms with E-state index < -0.39 is 5.97 Å². The van der Waals surface area contributed by atoms with Crippen molar-refractivity contribution in [2.45, 2.75) is 32.8 Å². The van der Waals surface area contributed by atoms with E-state index >= 15 is 0 Å². The zero-order valence-corrected chi connectivity index (χ0v) is 15.2. The van der Waals surface area contributed by atoms with Crippen LogP contribution in [-0.2, 0) is 22.6 Å². The Morgan fingerprint density at radius 1 is 1.28 bits per heavy atom. The molecule has 1 aromatic heterocycles. The fraction of sp³-hybridized carbons (Fsp3) is 0.389. The molecule has 0 radical (unpaired) electrons.